The van der Waals surface area contributed by atoms with Gasteiger partial charge >= 0.3 is 0 Å². The Hall–Kier alpha value is -1.20. The van der Waals surface area contributed by atoms with E-state index in [9.17, 15) is 13.9 Å². The smallest absolute Gasteiger partial charge is 0.242 e. The summed E-state index contributed by atoms with van der Waals surface area (Å²) < 4.78 is 35.4. The van der Waals surface area contributed by atoms with Gasteiger partial charge in [0.05, 0.1) is 4.83 Å². The predicted octanol–water partition coefficient (Wildman–Crippen LogP) is 3.47. The van der Waals surface area contributed by atoms with Gasteiger partial charge in [0, 0.05) is 35.8 Å². The molecule has 0 radical (unpaired) electrons. The topological polar surface area (TPSA) is 108 Å². The second-order valence-corrected chi connectivity index (χ2v) is 12.6. The van der Waals surface area contributed by atoms with Gasteiger partial charge in [-0.3, -0.25) is 9.19 Å². The Morgan fingerprint density at radius 1 is 1.52 bits per heavy atom. The molecular weight excluding hydrogens is 428 g/mol. The largest absolute Gasteiger partial charge is 0.760 e. The standard InChI is InChI=1S/C15H21BrN2O5SSi/c1-25(2,3)23-15-12(19)13(10-5-4-7-17-9-10)22-14(15)11(16)6-8-18-24(20)21/h4-5,7,9,11,18-19H,6,8H2,1-3H3,(H,20,21)/p-1. The van der Waals surface area contributed by atoms with Crippen LogP contribution in [0.5, 0.6) is 11.5 Å². The van der Waals surface area contributed by atoms with E-state index in [0.29, 0.717) is 23.5 Å². The molecule has 2 unspecified atom stereocenters. The fourth-order valence-corrected chi connectivity index (χ4v) is 3.75. The van der Waals surface area contributed by atoms with Crippen molar-refractivity contribution in [2.45, 2.75) is 30.9 Å². The number of nitrogens with one attached hydrogen (secondary N) is 1. The van der Waals surface area contributed by atoms with Gasteiger partial charge in [0.1, 0.15) is 0 Å². The zero-order chi connectivity index (χ0) is 18.6. The van der Waals surface area contributed by atoms with E-state index < -0.39 is 19.6 Å². The highest BCUT2D eigenvalue weighted by Gasteiger charge is 2.30. The van der Waals surface area contributed by atoms with Crippen LogP contribution in [0.1, 0.15) is 17.0 Å². The third-order valence-electron chi connectivity index (χ3n) is 3.10. The Bertz CT molecular complexity index is 736. The van der Waals surface area contributed by atoms with Gasteiger partial charge in [0.25, 0.3) is 0 Å². The average molecular weight is 448 g/mol. The van der Waals surface area contributed by atoms with Gasteiger partial charge in [-0.2, -0.15) is 0 Å². The van der Waals surface area contributed by atoms with Crippen LogP contribution in [0.3, 0.4) is 0 Å². The molecule has 0 amide bonds. The number of pyridine rings is 1. The lowest BCUT2D eigenvalue weighted by Gasteiger charge is -2.20. The molecule has 2 aromatic rings. The highest BCUT2D eigenvalue weighted by Crippen LogP contribution is 2.48. The number of aromatic hydroxyl groups is 1. The summed E-state index contributed by atoms with van der Waals surface area (Å²) >= 11 is 1.17. The Labute approximate surface area is 158 Å². The van der Waals surface area contributed by atoms with Gasteiger partial charge in [0.2, 0.25) is 14.1 Å². The molecule has 0 aromatic carbocycles. The van der Waals surface area contributed by atoms with E-state index in [1.54, 1.807) is 24.5 Å². The highest BCUT2D eigenvalue weighted by atomic mass is 79.9. The minimum absolute atomic E-state index is 0.0739. The third kappa shape index (κ3) is 5.64. The number of alkyl halides is 1. The van der Waals surface area contributed by atoms with E-state index in [1.165, 1.54) is 0 Å². The van der Waals surface area contributed by atoms with Crippen LogP contribution in [0.25, 0.3) is 11.3 Å². The summed E-state index contributed by atoms with van der Waals surface area (Å²) in [5.41, 5.74) is 0.630. The molecule has 2 N–H and O–H groups in total. The number of nitrogens with zero attached hydrogens (tertiary/aromatic N) is 1. The minimum Gasteiger partial charge on any atom is -0.760 e. The van der Waals surface area contributed by atoms with Gasteiger partial charge in [-0.15, -0.1) is 0 Å². The molecule has 0 spiro atoms. The van der Waals surface area contributed by atoms with Gasteiger partial charge in [-0.25, -0.2) is 4.72 Å². The zero-order valence-electron chi connectivity index (χ0n) is 14.1. The first-order valence-corrected chi connectivity index (χ1v) is 13.0. The first kappa shape index (κ1) is 20.1. The van der Waals surface area contributed by atoms with Crippen LogP contribution < -0.4 is 9.15 Å². The second-order valence-electron chi connectivity index (χ2n) is 6.31. The van der Waals surface area contributed by atoms with Crippen LogP contribution >= 0.6 is 15.9 Å². The maximum Gasteiger partial charge on any atom is 0.242 e. The van der Waals surface area contributed by atoms with Crippen molar-refractivity contribution < 1.29 is 22.7 Å². The van der Waals surface area contributed by atoms with Crippen molar-refractivity contribution in [3.8, 4) is 22.8 Å². The summed E-state index contributed by atoms with van der Waals surface area (Å²) in [6.45, 7) is 6.22. The maximum absolute atomic E-state index is 10.6. The fraction of sp³-hybridized carbons (Fsp3) is 0.400. The fourth-order valence-electron chi connectivity index (χ4n) is 2.13. The first-order valence-electron chi connectivity index (χ1n) is 7.61. The zero-order valence-corrected chi connectivity index (χ0v) is 17.5. The van der Waals surface area contributed by atoms with Crippen molar-refractivity contribution in [2.75, 3.05) is 6.54 Å². The Morgan fingerprint density at radius 3 is 2.80 bits per heavy atom. The third-order valence-corrected chi connectivity index (χ3v) is 5.23. The van der Waals surface area contributed by atoms with Crippen molar-refractivity contribution in [3.05, 3.63) is 30.3 Å². The predicted molar refractivity (Wildman–Crippen MR) is 101 cm³/mol. The van der Waals surface area contributed by atoms with E-state index in [2.05, 4.69) is 25.6 Å². The van der Waals surface area contributed by atoms with E-state index in [1.807, 2.05) is 19.6 Å². The summed E-state index contributed by atoms with van der Waals surface area (Å²) in [5.74, 6) is 0.928. The lowest BCUT2D eigenvalue weighted by atomic mass is 10.2. The molecule has 25 heavy (non-hydrogen) atoms. The van der Waals surface area contributed by atoms with Gasteiger partial charge in [0.15, 0.2) is 17.3 Å². The van der Waals surface area contributed by atoms with Gasteiger partial charge in [-0.1, -0.05) is 15.9 Å². The van der Waals surface area contributed by atoms with Crippen molar-refractivity contribution >= 4 is 35.5 Å². The van der Waals surface area contributed by atoms with Gasteiger partial charge < -0.3 is 18.5 Å². The number of aromatic nitrogens is 1. The van der Waals surface area contributed by atoms with Gasteiger partial charge in [-0.05, 0) is 38.2 Å². The summed E-state index contributed by atoms with van der Waals surface area (Å²) in [7, 11) is -2.01. The van der Waals surface area contributed by atoms with Crippen LogP contribution in [0.2, 0.25) is 19.6 Å². The molecule has 2 aromatic heterocycles. The lowest BCUT2D eigenvalue weighted by molar-refractivity contribution is 0.438. The van der Waals surface area contributed by atoms with E-state index in [4.69, 9.17) is 8.84 Å². The number of halogens is 1. The van der Waals surface area contributed by atoms with Crippen molar-refractivity contribution in [2.24, 2.45) is 0 Å². The second kappa shape index (κ2) is 8.45. The van der Waals surface area contributed by atoms with Crippen LogP contribution in [0.15, 0.2) is 28.9 Å². The molecule has 0 aliphatic rings. The van der Waals surface area contributed by atoms with Crippen LogP contribution in [0, 0.1) is 0 Å². The molecule has 0 fully saturated rings. The molecule has 0 aliphatic carbocycles. The molecule has 0 saturated heterocycles. The quantitative estimate of drug-likeness (QED) is 0.364. The lowest BCUT2D eigenvalue weighted by Crippen LogP contribution is -2.29. The molecule has 2 rings (SSSR count). The summed E-state index contributed by atoms with van der Waals surface area (Å²) in [4.78, 5) is 3.71. The van der Waals surface area contributed by atoms with E-state index >= 15 is 0 Å². The Morgan fingerprint density at radius 2 is 2.24 bits per heavy atom. The summed E-state index contributed by atoms with van der Waals surface area (Å²) in [6, 6.07) is 3.52. The van der Waals surface area contributed by atoms with Crippen LogP contribution in [-0.2, 0) is 11.3 Å². The Kier molecular flexibility index (Phi) is 6.80. The average Bonchev–Trinajstić information content (AvgIpc) is 2.83. The molecular formula is C15H20BrN2O5SSi-. The SMILES string of the molecule is C[Si](C)(C)Oc1c(C(Br)CCNS(=O)[O-])oc(-c2cccnc2)c1O. The Balaban J connectivity index is 2.37. The molecule has 0 saturated carbocycles. The van der Waals surface area contributed by atoms with Crippen molar-refractivity contribution in [1.29, 1.82) is 0 Å². The monoisotopic (exact) mass is 447 g/mol. The normalized spacial score (nSPS) is 14.3. The van der Waals surface area contributed by atoms with Crippen molar-refractivity contribution in [1.82, 2.24) is 9.71 Å². The molecule has 2 heterocycles. The van der Waals surface area contributed by atoms with E-state index in [0.717, 1.165) is 0 Å². The molecule has 138 valence electrons. The summed E-state index contributed by atoms with van der Waals surface area (Å²) in [5, 5.41) is 10.6. The molecule has 10 heteroatoms. The van der Waals surface area contributed by atoms with Crippen LogP contribution in [-0.4, -0.2) is 33.7 Å². The number of hydrogen-bond acceptors (Lipinski definition) is 6. The van der Waals surface area contributed by atoms with Crippen LogP contribution in [0.4, 0.5) is 0 Å². The molecule has 7 nitrogen and oxygen atoms in total. The molecule has 0 bridgehead atoms. The minimum atomic E-state index is -2.32. The highest BCUT2D eigenvalue weighted by molar-refractivity contribution is 9.09. The number of hydrogen-bond donors (Lipinski definition) is 2. The van der Waals surface area contributed by atoms with Crippen molar-refractivity contribution in [3.63, 3.8) is 0 Å². The number of rotatable bonds is 8. The summed E-state index contributed by atoms with van der Waals surface area (Å²) in [6.07, 6.45) is 3.65. The first-order chi connectivity index (χ1) is 11.7. The maximum atomic E-state index is 10.6. The number of furan rings is 1. The van der Waals surface area contributed by atoms with E-state index in [-0.39, 0.29) is 22.9 Å². The molecule has 0 aliphatic heterocycles. The molecule has 2 atom stereocenters.